The van der Waals surface area contributed by atoms with Crippen LogP contribution in [0.15, 0.2) is 35.1 Å². The number of aromatic amines is 1. The Hall–Kier alpha value is -3.00. The Balaban J connectivity index is 1.45. The third kappa shape index (κ3) is 4.32. The van der Waals surface area contributed by atoms with E-state index >= 15 is 0 Å². The second kappa shape index (κ2) is 9.24. The lowest BCUT2D eigenvalue weighted by molar-refractivity contribution is -0.141. The van der Waals surface area contributed by atoms with E-state index in [4.69, 9.17) is 11.6 Å². The predicted molar refractivity (Wildman–Crippen MR) is 120 cm³/mol. The van der Waals surface area contributed by atoms with Gasteiger partial charge in [0.15, 0.2) is 0 Å². The van der Waals surface area contributed by atoms with Gasteiger partial charge in [-0.05, 0) is 37.5 Å². The number of allylic oxidation sites excluding steroid dienone is 2. The molecular weight excluding hydrogens is 432 g/mol. The van der Waals surface area contributed by atoms with Gasteiger partial charge >= 0.3 is 0 Å². The average molecular weight is 457 g/mol. The number of likely N-dealkylation sites (tertiary alicyclic amines) is 1. The van der Waals surface area contributed by atoms with Crippen molar-refractivity contribution < 1.29 is 14.4 Å². The number of rotatable bonds is 7. The maximum atomic E-state index is 12.9. The lowest BCUT2D eigenvalue weighted by Gasteiger charge is -2.23. The molecule has 0 radical (unpaired) electrons. The van der Waals surface area contributed by atoms with E-state index in [-0.39, 0.29) is 54.6 Å². The number of nitrogens with zero attached hydrogens (tertiary/aromatic N) is 3. The minimum atomic E-state index is -0.298. The van der Waals surface area contributed by atoms with Crippen LogP contribution in [0.3, 0.4) is 0 Å². The van der Waals surface area contributed by atoms with Crippen molar-refractivity contribution >= 4 is 40.2 Å². The summed E-state index contributed by atoms with van der Waals surface area (Å²) in [6, 6.07) is 4.85. The average Bonchev–Trinajstić information content (AvgIpc) is 3.01. The Bertz CT molecular complexity index is 1130. The number of carbonyl (C=O) groups is 3. The number of imide groups is 1. The Morgan fingerprint density at radius 1 is 1.19 bits per heavy atom. The summed E-state index contributed by atoms with van der Waals surface area (Å²) >= 11 is 6.02. The molecule has 1 fully saturated rings. The highest BCUT2D eigenvalue weighted by atomic mass is 35.5. The first kappa shape index (κ1) is 22.2. The molecule has 1 aliphatic carbocycles. The van der Waals surface area contributed by atoms with E-state index in [9.17, 15) is 19.2 Å². The van der Waals surface area contributed by atoms with Gasteiger partial charge in [0.05, 0.1) is 29.3 Å². The fraction of sp³-hybridized carbons (Fsp3) is 0.435. The molecule has 0 saturated carbocycles. The SMILES string of the molecule is CCCN(Cc1nc2cc(Cl)ccc2c(=O)[nH]1)C(=O)CCN1C(=O)[C@@H]2CC=CC[C@H]2C1=O. The molecule has 3 amide bonds. The molecule has 2 heterocycles. The van der Waals surface area contributed by atoms with Crippen molar-refractivity contribution in [3.05, 3.63) is 51.6 Å². The van der Waals surface area contributed by atoms with Crippen molar-refractivity contribution in [2.45, 2.75) is 39.2 Å². The largest absolute Gasteiger partial charge is 0.335 e. The number of hydrogen-bond acceptors (Lipinski definition) is 5. The van der Waals surface area contributed by atoms with E-state index in [0.29, 0.717) is 47.6 Å². The van der Waals surface area contributed by atoms with Crippen LogP contribution in [-0.4, -0.2) is 50.6 Å². The molecule has 2 aromatic rings. The van der Waals surface area contributed by atoms with Gasteiger partial charge in [-0.3, -0.25) is 24.1 Å². The molecule has 0 unspecified atom stereocenters. The van der Waals surface area contributed by atoms with Gasteiger partial charge in [-0.15, -0.1) is 0 Å². The van der Waals surface area contributed by atoms with Crippen LogP contribution in [0, 0.1) is 11.8 Å². The maximum Gasteiger partial charge on any atom is 0.258 e. The predicted octanol–water partition coefficient (Wildman–Crippen LogP) is 2.66. The lowest BCUT2D eigenvalue weighted by Crippen LogP contribution is -2.38. The van der Waals surface area contributed by atoms with E-state index in [1.165, 1.54) is 4.90 Å². The van der Waals surface area contributed by atoms with Crippen LogP contribution >= 0.6 is 11.6 Å². The summed E-state index contributed by atoms with van der Waals surface area (Å²) in [7, 11) is 0. The van der Waals surface area contributed by atoms with Crippen molar-refractivity contribution in [3.63, 3.8) is 0 Å². The molecule has 1 aliphatic heterocycles. The van der Waals surface area contributed by atoms with Gasteiger partial charge < -0.3 is 9.88 Å². The lowest BCUT2D eigenvalue weighted by atomic mass is 9.85. The molecule has 32 heavy (non-hydrogen) atoms. The molecule has 1 N–H and O–H groups in total. The number of hydrogen-bond donors (Lipinski definition) is 1. The molecule has 1 aromatic heterocycles. The van der Waals surface area contributed by atoms with Crippen LogP contribution in [-0.2, 0) is 20.9 Å². The van der Waals surface area contributed by atoms with Gasteiger partial charge in [-0.2, -0.15) is 0 Å². The van der Waals surface area contributed by atoms with Crippen LogP contribution in [0.1, 0.15) is 38.4 Å². The topological polar surface area (TPSA) is 103 Å². The summed E-state index contributed by atoms with van der Waals surface area (Å²) in [6.07, 6.45) is 5.78. The number of halogens is 1. The van der Waals surface area contributed by atoms with Crippen molar-refractivity contribution in [2.75, 3.05) is 13.1 Å². The van der Waals surface area contributed by atoms with Gasteiger partial charge in [0.2, 0.25) is 17.7 Å². The van der Waals surface area contributed by atoms with Crippen LogP contribution in [0.5, 0.6) is 0 Å². The standard InChI is InChI=1S/C23H25ClN4O4/c1-2-10-27(13-19-25-18-12-14(24)7-8-17(18)21(30)26-19)20(29)9-11-28-22(31)15-5-3-4-6-16(15)23(28)32/h3-4,7-8,12,15-16H,2,5-6,9-11,13H2,1H3,(H,25,26,30)/t15-,16-/m1/s1. The molecule has 9 heteroatoms. The molecule has 168 valence electrons. The van der Waals surface area contributed by atoms with Crippen molar-refractivity contribution in [2.24, 2.45) is 11.8 Å². The van der Waals surface area contributed by atoms with Crippen molar-refractivity contribution in [1.82, 2.24) is 19.8 Å². The Morgan fingerprint density at radius 3 is 2.53 bits per heavy atom. The van der Waals surface area contributed by atoms with Crippen LogP contribution in [0.4, 0.5) is 0 Å². The van der Waals surface area contributed by atoms with E-state index in [0.717, 1.165) is 0 Å². The zero-order valence-corrected chi connectivity index (χ0v) is 18.6. The van der Waals surface area contributed by atoms with Gasteiger partial charge in [-0.1, -0.05) is 30.7 Å². The second-order valence-electron chi connectivity index (χ2n) is 8.22. The number of amides is 3. The van der Waals surface area contributed by atoms with E-state index in [2.05, 4.69) is 9.97 Å². The summed E-state index contributed by atoms with van der Waals surface area (Å²) in [5, 5.41) is 0.896. The molecule has 1 saturated heterocycles. The maximum absolute atomic E-state index is 12.9. The highest BCUT2D eigenvalue weighted by Crippen LogP contribution is 2.35. The Morgan fingerprint density at radius 2 is 1.88 bits per heavy atom. The molecule has 0 bridgehead atoms. The monoisotopic (exact) mass is 456 g/mol. The molecule has 1 aromatic carbocycles. The van der Waals surface area contributed by atoms with Gasteiger partial charge in [0, 0.05) is 24.5 Å². The van der Waals surface area contributed by atoms with Crippen LogP contribution in [0.25, 0.3) is 10.9 Å². The fourth-order valence-electron chi connectivity index (χ4n) is 4.43. The number of benzene rings is 1. The number of aromatic nitrogens is 2. The molecule has 2 aliphatic rings. The zero-order valence-electron chi connectivity index (χ0n) is 17.8. The highest BCUT2D eigenvalue weighted by Gasteiger charge is 2.47. The van der Waals surface area contributed by atoms with Gasteiger partial charge in [0.1, 0.15) is 5.82 Å². The van der Waals surface area contributed by atoms with Crippen molar-refractivity contribution in [1.29, 1.82) is 0 Å². The Labute approximate surface area is 190 Å². The summed E-state index contributed by atoms with van der Waals surface area (Å²) in [4.78, 5) is 60.6. The number of carbonyl (C=O) groups excluding carboxylic acids is 3. The zero-order chi connectivity index (χ0) is 22.8. The summed E-state index contributed by atoms with van der Waals surface area (Å²) in [6.45, 7) is 2.61. The second-order valence-corrected chi connectivity index (χ2v) is 8.66. The minimum absolute atomic E-state index is 0.0357. The van der Waals surface area contributed by atoms with E-state index in [1.54, 1.807) is 23.1 Å². The van der Waals surface area contributed by atoms with Crippen LogP contribution < -0.4 is 5.56 Å². The molecule has 4 rings (SSSR count). The number of H-pyrrole nitrogens is 1. The fourth-order valence-corrected chi connectivity index (χ4v) is 4.60. The smallest absolute Gasteiger partial charge is 0.258 e. The number of fused-ring (bicyclic) bond motifs is 2. The molecular formula is C23H25ClN4O4. The highest BCUT2D eigenvalue weighted by molar-refractivity contribution is 6.31. The van der Waals surface area contributed by atoms with Crippen molar-refractivity contribution in [3.8, 4) is 0 Å². The molecule has 2 atom stereocenters. The third-order valence-corrected chi connectivity index (χ3v) is 6.29. The quantitative estimate of drug-likeness (QED) is 0.509. The minimum Gasteiger partial charge on any atom is -0.335 e. The summed E-state index contributed by atoms with van der Waals surface area (Å²) in [5.41, 5.74) is 0.166. The summed E-state index contributed by atoms with van der Waals surface area (Å²) < 4.78 is 0. The van der Waals surface area contributed by atoms with E-state index < -0.39 is 0 Å². The number of nitrogens with one attached hydrogen (secondary N) is 1. The van der Waals surface area contributed by atoms with E-state index in [1.807, 2.05) is 19.1 Å². The molecule has 8 nitrogen and oxygen atoms in total. The summed E-state index contributed by atoms with van der Waals surface area (Å²) in [5.74, 6) is -0.805. The first-order valence-electron chi connectivity index (χ1n) is 10.9. The molecule has 0 spiro atoms. The van der Waals surface area contributed by atoms with Gasteiger partial charge in [-0.25, -0.2) is 4.98 Å². The first-order valence-corrected chi connectivity index (χ1v) is 11.2. The third-order valence-electron chi connectivity index (χ3n) is 6.05. The Kier molecular flexibility index (Phi) is 6.41. The normalized spacial score (nSPS) is 20.1. The van der Waals surface area contributed by atoms with Gasteiger partial charge in [0.25, 0.3) is 5.56 Å². The van der Waals surface area contributed by atoms with Crippen LogP contribution in [0.2, 0.25) is 5.02 Å². The first-order chi connectivity index (χ1) is 15.4.